The molecule has 0 aromatic carbocycles. The van der Waals surface area contributed by atoms with E-state index in [1.807, 2.05) is 0 Å². The Balaban J connectivity index is 3.35. The van der Waals surface area contributed by atoms with Crippen molar-refractivity contribution in [1.82, 2.24) is 0 Å². The van der Waals surface area contributed by atoms with E-state index in [1.165, 1.54) is 199 Å². The number of aliphatic hydroxyl groups is 1. The third-order valence-corrected chi connectivity index (χ3v) is 10.9. The van der Waals surface area contributed by atoms with Crippen LogP contribution in [0.25, 0.3) is 0 Å². The van der Waals surface area contributed by atoms with Gasteiger partial charge in [-0.3, -0.25) is 9.59 Å². The zero-order valence-electron chi connectivity index (χ0n) is 34.8. The van der Waals surface area contributed by atoms with Gasteiger partial charge in [-0.05, 0) is 18.8 Å². The van der Waals surface area contributed by atoms with Crippen molar-refractivity contribution >= 4 is 11.9 Å². The summed E-state index contributed by atoms with van der Waals surface area (Å²) >= 11 is 0. The number of unbranched alkanes of at least 4 members (excludes halogenated alkanes) is 31. The van der Waals surface area contributed by atoms with Crippen LogP contribution in [0.1, 0.15) is 258 Å². The van der Waals surface area contributed by atoms with Crippen LogP contribution in [0.2, 0.25) is 0 Å². The van der Waals surface area contributed by atoms with Crippen LogP contribution in [-0.4, -0.2) is 36.4 Å². The molecule has 0 rings (SSSR count). The van der Waals surface area contributed by atoms with Gasteiger partial charge >= 0.3 is 11.9 Å². The average molecular weight is 723 g/mol. The molecule has 0 aliphatic carbocycles. The van der Waals surface area contributed by atoms with Gasteiger partial charge in [-0.1, -0.05) is 233 Å². The lowest BCUT2D eigenvalue weighted by Crippen LogP contribution is -2.25. The Morgan fingerprint density at radius 2 is 0.667 bits per heavy atom. The highest BCUT2D eigenvalue weighted by Gasteiger charge is 2.12. The molecule has 0 aromatic rings. The molecule has 0 heterocycles. The first kappa shape index (κ1) is 49.9. The zero-order chi connectivity index (χ0) is 37.3. The van der Waals surface area contributed by atoms with Gasteiger partial charge < -0.3 is 14.6 Å². The van der Waals surface area contributed by atoms with Crippen molar-refractivity contribution in [2.75, 3.05) is 13.2 Å². The van der Waals surface area contributed by atoms with Gasteiger partial charge in [0.15, 0.2) is 0 Å². The van der Waals surface area contributed by atoms with Crippen LogP contribution in [-0.2, 0) is 19.1 Å². The third-order valence-electron chi connectivity index (χ3n) is 10.9. The second-order valence-electron chi connectivity index (χ2n) is 16.1. The normalized spacial score (nSPS) is 12.6. The summed E-state index contributed by atoms with van der Waals surface area (Å²) in [6.45, 7) is 6.75. The van der Waals surface area contributed by atoms with Crippen LogP contribution in [0.15, 0.2) is 0 Å². The molecule has 0 aromatic heterocycles. The fourth-order valence-electron chi connectivity index (χ4n) is 7.01. The monoisotopic (exact) mass is 723 g/mol. The van der Waals surface area contributed by atoms with Crippen LogP contribution in [0, 0.1) is 5.92 Å². The second-order valence-corrected chi connectivity index (χ2v) is 16.1. The van der Waals surface area contributed by atoms with Crippen LogP contribution in [0.5, 0.6) is 0 Å². The highest BCUT2D eigenvalue weighted by molar-refractivity contribution is 5.69. The fourth-order valence-corrected chi connectivity index (χ4v) is 7.01. The summed E-state index contributed by atoms with van der Waals surface area (Å²) in [6, 6.07) is 0. The van der Waals surface area contributed by atoms with E-state index in [1.54, 1.807) is 0 Å². The second kappa shape index (κ2) is 41.7. The molecule has 0 saturated heterocycles. The molecule has 5 heteroatoms. The lowest BCUT2D eigenvalue weighted by molar-refractivity contribution is -0.152. The first-order valence-electron chi connectivity index (χ1n) is 23.0. The van der Waals surface area contributed by atoms with Crippen molar-refractivity contribution in [3.05, 3.63) is 0 Å². The molecular weight excluding hydrogens is 633 g/mol. The zero-order valence-corrected chi connectivity index (χ0v) is 34.8. The first-order chi connectivity index (χ1) is 25.0. The van der Waals surface area contributed by atoms with Gasteiger partial charge in [0.05, 0.1) is 0 Å². The highest BCUT2D eigenvalue weighted by Crippen LogP contribution is 2.17. The fraction of sp³-hybridized carbons (Fsp3) is 0.957. The van der Waals surface area contributed by atoms with Gasteiger partial charge in [0, 0.05) is 12.8 Å². The van der Waals surface area contributed by atoms with Crippen molar-refractivity contribution in [1.29, 1.82) is 0 Å². The SMILES string of the molecule is CCCCCCCCCCCCCCCCCC(=O)OC[C@@H](O)COC(=O)CCCCCCCCCCCCCCCCCCCCC(C)CC. The van der Waals surface area contributed by atoms with Gasteiger partial charge in [0.1, 0.15) is 19.3 Å². The molecule has 0 bridgehead atoms. The molecule has 5 nitrogen and oxygen atoms in total. The predicted molar refractivity (Wildman–Crippen MR) is 219 cm³/mol. The Morgan fingerprint density at radius 3 is 0.941 bits per heavy atom. The Bertz CT molecular complexity index is 710. The van der Waals surface area contributed by atoms with Crippen LogP contribution >= 0.6 is 0 Å². The number of esters is 2. The number of hydrogen-bond donors (Lipinski definition) is 1. The van der Waals surface area contributed by atoms with E-state index in [-0.39, 0.29) is 25.2 Å². The van der Waals surface area contributed by atoms with E-state index in [0.29, 0.717) is 12.8 Å². The minimum absolute atomic E-state index is 0.107. The van der Waals surface area contributed by atoms with E-state index in [0.717, 1.165) is 31.6 Å². The van der Waals surface area contributed by atoms with E-state index >= 15 is 0 Å². The van der Waals surface area contributed by atoms with Crippen LogP contribution in [0.4, 0.5) is 0 Å². The molecule has 0 amide bonds. The predicted octanol–water partition coefficient (Wildman–Crippen LogP) is 14.5. The highest BCUT2D eigenvalue weighted by atomic mass is 16.6. The summed E-state index contributed by atoms with van der Waals surface area (Å²) in [4.78, 5) is 24.0. The lowest BCUT2D eigenvalue weighted by atomic mass is 9.99. The number of carbonyl (C=O) groups is 2. The minimum Gasteiger partial charge on any atom is -0.463 e. The smallest absolute Gasteiger partial charge is 0.305 e. The van der Waals surface area contributed by atoms with E-state index in [4.69, 9.17) is 9.47 Å². The van der Waals surface area contributed by atoms with Crippen molar-refractivity contribution in [2.45, 2.75) is 264 Å². The Labute approximate surface area is 319 Å². The maximum Gasteiger partial charge on any atom is 0.305 e. The summed E-state index contributed by atoms with van der Waals surface area (Å²) in [6.07, 6.45) is 45.9. The topological polar surface area (TPSA) is 72.8 Å². The molecular formula is C46H90O5. The van der Waals surface area contributed by atoms with Gasteiger partial charge in [0.2, 0.25) is 0 Å². The quantitative estimate of drug-likeness (QED) is 0.0501. The summed E-state index contributed by atoms with van der Waals surface area (Å²) in [5, 5.41) is 10.0. The minimum atomic E-state index is -0.956. The summed E-state index contributed by atoms with van der Waals surface area (Å²) in [5.74, 6) is 0.370. The number of hydrogen-bond acceptors (Lipinski definition) is 5. The Kier molecular flexibility index (Phi) is 40.8. The number of ether oxygens (including phenoxy) is 2. The summed E-state index contributed by atoms with van der Waals surface area (Å²) < 4.78 is 10.4. The van der Waals surface area contributed by atoms with Crippen molar-refractivity contribution in [2.24, 2.45) is 5.92 Å². The third kappa shape index (κ3) is 41.5. The van der Waals surface area contributed by atoms with Gasteiger partial charge in [-0.15, -0.1) is 0 Å². The molecule has 0 radical (unpaired) electrons. The van der Waals surface area contributed by atoms with Crippen molar-refractivity contribution in [3.63, 3.8) is 0 Å². The van der Waals surface area contributed by atoms with Crippen molar-refractivity contribution < 1.29 is 24.2 Å². The van der Waals surface area contributed by atoms with Gasteiger partial charge in [-0.25, -0.2) is 0 Å². The van der Waals surface area contributed by atoms with E-state index in [9.17, 15) is 14.7 Å². The summed E-state index contributed by atoms with van der Waals surface area (Å²) in [7, 11) is 0. The molecule has 0 spiro atoms. The molecule has 0 aliphatic rings. The van der Waals surface area contributed by atoms with Crippen molar-refractivity contribution in [3.8, 4) is 0 Å². The maximum atomic E-state index is 12.0. The van der Waals surface area contributed by atoms with E-state index < -0.39 is 6.10 Å². The van der Waals surface area contributed by atoms with Gasteiger partial charge in [-0.2, -0.15) is 0 Å². The molecule has 2 atom stereocenters. The first-order valence-corrected chi connectivity index (χ1v) is 23.0. The molecule has 0 fully saturated rings. The molecule has 304 valence electrons. The number of rotatable bonds is 42. The summed E-state index contributed by atoms with van der Waals surface area (Å²) in [5.41, 5.74) is 0. The van der Waals surface area contributed by atoms with E-state index in [2.05, 4.69) is 20.8 Å². The maximum absolute atomic E-state index is 12.0. The molecule has 1 N–H and O–H groups in total. The molecule has 0 saturated carbocycles. The number of aliphatic hydroxyl groups excluding tert-OH is 1. The standard InChI is InChI=1S/C46H90O5/c1-4-6-7-8-9-10-11-12-17-21-24-27-30-33-36-39-45(48)50-41-44(47)42-51-46(49)40-37-34-31-28-25-22-19-16-14-13-15-18-20-23-26-29-32-35-38-43(3)5-2/h43-44,47H,4-42H2,1-3H3/t43?,44-/m1/s1. The van der Waals surface area contributed by atoms with Gasteiger partial charge in [0.25, 0.3) is 0 Å². The Morgan fingerprint density at radius 1 is 0.412 bits per heavy atom. The lowest BCUT2D eigenvalue weighted by Gasteiger charge is -2.12. The molecule has 0 aliphatic heterocycles. The Hall–Kier alpha value is -1.10. The number of carbonyl (C=O) groups excluding carboxylic acids is 2. The van der Waals surface area contributed by atoms with Crippen LogP contribution in [0.3, 0.4) is 0 Å². The average Bonchev–Trinajstić information content (AvgIpc) is 3.13. The molecule has 51 heavy (non-hydrogen) atoms. The van der Waals surface area contributed by atoms with Crippen LogP contribution < -0.4 is 0 Å². The largest absolute Gasteiger partial charge is 0.463 e. The molecule has 1 unspecified atom stereocenters.